The zero-order valence-corrected chi connectivity index (χ0v) is 12.3. The Morgan fingerprint density at radius 2 is 1.76 bits per heavy atom. The van der Waals surface area contributed by atoms with Gasteiger partial charge in [0.2, 0.25) is 5.91 Å². The first-order valence-corrected chi connectivity index (χ1v) is 6.77. The van der Waals surface area contributed by atoms with Gasteiger partial charge in [-0.15, -0.1) is 0 Å². The molecule has 0 atom stereocenters. The molecule has 0 fully saturated rings. The molecule has 0 aliphatic rings. The summed E-state index contributed by atoms with van der Waals surface area (Å²) in [5.74, 6) is -1.27. The van der Waals surface area contributed by atoms with E-state index in [2.05, 4.69) is 5.32 Å². The number of ketones is 1. The van der Waals surface area contributed by atoms with Crippen molar-refractivity contribution in [1.29, 1.82) is 0 Å². The third-order valence-electron chi connectivity index (χ3n) is 2.84. The quantitative estimate of drug-likeness (QED) is 0.711. The molecule has 2 N–H and O–H groups in total. The van der Waals surface area contributed by atoms with E-state index in [1.165, 1.54) is 6.92 Å². The molecule has 1 aromatic rings. The number of anilines is 1. The van der Waals surface area contributed by atoms with Gasteiger partial charge < -0.3 is 10.4 Å². The van der Waals surface area contributed by atoms with Crippen LogP contribution in [0.15, 0.2) is 24.3 Å². The van der Waals surface area contributed by atoms with E-state index in [1.54, 1.807) is 29.2 Å². The molecule has 0 radical (unpaired) electrons. The summed E-state index contributed by atoms with van der Waals surface area (Å²) in [5, 5.41) is 11.5. The number of benzene rings is 1. The summed E-state index contributed by atoms with van der Waals surface area (Å²) in [4.78, 5) is 35.3. The number of rotatable bonds is 8. The normalized spacial score (nSPS) is 10.4. The topological polar surface area (TPSA) is 86.7 Å². The standard InChI is InChI=1S/C15H20N2O4/c1-3-8-17(10-15(20)21)9-14(19)16-13-6-4-12(5-7-13)11(2)18/h4-7H,3,8-10H2,1-2H3,(H,16,19)(H,20,21). The lowest BCUT2D eigenvalue weighted by molar-refractivity contribution is -0.138. The third kappa shape index (κ3) is 6.18. The number of hydrogen-bond donors (Lipinski definition) is 2. The number of nitrogens with zero attached hydrogens (tertiary/aromatic N) is 1. The van der Waals surface area contributed by atoms with Crippen LogP contribution >= 0.6 is 0 Å². The van der Waals surface area contributed by atoms with Gasteiger partial charge in [-0.3, -0.25) is 19.3 Å². The number of carboxylic acid groups (broad SMARTS) is 1. The minimum absolute atomic E-state index is 0.0224. The van der Waals surface area contributed by atoms with Crippen LogP contribution in [0.5, 0.6) is 0 Å². The van der Waals surface area contributed by atoms with Crippen molar-refractivity contribution in [2.75, 3.05) is 25.0 Å². The average Bonchev–Trinajstić information content (AvgIpc) is 2.38. The van der Waals surface area contributed by atoms with Crippen LogP contribution in [0.3, 0.4) is 0 Å². The first-order chi connectivity index (χ1) is 9.92. The van der Waals surface area contributed by atoms with E-state index >= 15 is 0 Å². The number of aliphatic carboxylic acids is 1. The van der Waals surface area contributed by atoms with Gasteiger partial charge in [0.15, 0.2) is 5.78 Å². The minimum atomic E-state index is -0.956. The van der Waals surface area contributed by atoms with Gasteiger partial charge in [-0.05, 0) is 44.2 Å². The van der Waals surface area contributed by atoms with E-state index in [-0.39, 0.29) is 24.8 Å². The zero-order chi connectivity index (χ0) is 15.8. The van der Waals surface area contributed by atoms with Crippen molar-refractivity contribution in [2.45, 2.75) is 20.3 Å². The Balaban J connectivity index is 2.58. The van der Waals surface area contributed by atoms with Gasteiger partial charge in [-0.1, -0.05) is 6.92 Å². The van der Waals surface area contributed by atoms with Crippen LogP contribution in [-0.4, -0.2) is 47.3 Å². The van der Waals surface area contributed by atoms with Crippen LogP contribution in [0.4, 0.5) is 5.69 Å². The number of hydrogen-bond acceptors (Lipinski definition) is 4. The maximum atomic E-state index is 11.9. The van der Waals surface area contributed by atoms with Crippen molar-refractivity contribution in [3.8, 4) is 0 Å². The highest BCUT2D eigenvalue weighted by Crippen LogP contribution is 2.10. The van der Waals surface area contributed by atoms with E-state index < -0.39 is 5.97 Å². The highest BCUT2D eigenvalue weighted by Gasteiger charge is 2.13. The largest absolute Gasteiger partial charge is 0.480 e. The fourth-order valence-electron chi connectivity index (χ4n) is 1.91. The molecule has 0 bridgehead atoms. The Morgan fingerprint density at radius 1 is 1.14 bits per heavy atom. The summed E-state index contributed by atoms with van der Waals surface area (Å²) in [6.45, 7) is 3.80. The fourth-order valence-corrected chi connectivity index (χ4v) is 1.91. The van der Waals surface area contributed by atoms with Gasteiger partial charge in [0.05, 0.1) is 13.1 Å². The van der Waals surface area contributed by atoms with Crippen LogP contribution in [-0.2, 0) is 9.59 Å². The second-order valence-electron chi connectivity index (χ2n) is 4.79. The molecule has 114 valence electrons. The van der Waals surface area contributed by atoms with Crippen molar-refractivity contribution in [1.82, 2.24) is 4.90 Å². The fraction of sp³-hybridized carbons (Fsp3) is 0.400. The van der Waals surface area contributed by atoms with Gasteiger partial charge >= 0.3 is 5.97 Å². The van der Waals surface area contributed by atoms with Crippen molar-refractivity contribution < 1.29 is 19.5 Å². The lowest BCUT2D eigenvalue weighted by atomic mass is 10.1. The molecule has 6 nitrogen and oxygen atoms in total. The molecular weight excluding hydrogens is 272 g/mol. The molecule has 1 rings (SSSR count). The SMILES string of the molecule is CCCN(CC(=O)O)CC(=O)Nc1ccc(C(C)=O)cc1. The predicted molar refractivity (Wildman–Crippen MR) is 79.4 cm³/mol. The second-order valence-corrected chi connectivity index (χ2v) is 4.79. The van der Waals surface area contributed by atoms with Gasteiger partial charge in [0.25, 0.3) is 0 Å². The molecule has 21 heavy (non-hydrogen) atoms. The first kappa shape index (κ1) is 16.8. The summed E-state index contributed by atoms with van der Waals surface area (Å²) < 4.78 is 0. The molecule has 0 heterocycles. The van der Waals surface area contributed by atoms with Gasteiger partial charge in [-0.25, -0.2) is 0 Å². The molecule has 1 amide bonds. The number of amides is 1. The van der Waals surface area contributed by atoms with Crippen LogP contribution in [0.1, 0.15) is 30.6 Å². The van der Waals surface area contributed by atoms with Gasteiger partial charge in [0.1, 0.15) is 0 Å². The smallest absolute Gasteiger partial charge is 0.317 e. The molecule has 6 heteroatoms. The highest BCUT2D eigenvalue weighted by molar-refractivity contribution is 5.96. The van der Waals surface area contributed by atoms with Crippen molar-refractivity contribution >= 4 is 23.3 Å². The summed E-state index contributed by atoms with van der Waals surface area (Å²) in [6, 6.07) is 6.57. The van der Waals surface area contributed by atoms with E-state index in [1.807, 2.05) is 6.92 Å². The van der Waals surface area contributed by atoms with Crippen molar-refractivity contribution in [3.63, 3.8) is 0 Å². The van der Waals surface area contributed by atoms with Crippen molar-refractivity contribution in [3.05, 3.63) is 29.8 Å². The number of carbonyl (C=O) groups is 3. The lowest BCUT2D eigenvalue weighted by Crippen LogP contribution is -2.37. The van der Waals surface area contributed by atoms with E-state index in [0.29, 0.717) is 17.8 Å². The van der Waals surface area contributed by atoms with Crippen LogP contribution in [0.25, 0.3) is 0 Å². The molecule has 0 saturated heterocycles. The molecule has 0 saturated carbocycles. The summed E-state index contributed by atoms with van der Waals surface area (Å²) >= 11 is 0. The Hall–Kier alpha value is -2.21. The summed E-state index contributed by atoms with van der Waals surface area (Å²) in [5.41, 5.74) is 1.16. The Bertz CT molecular complexity index is 511. The van der Waals surface area contributed by atoms with Crippen LogP contribution in [0, 0.1) is 0 Å². The Morgan fingerprint density at radius 3 is 2.24 bits per heavy atom. The monoisotopic (exact) mass is 292 g/mol. The Kier molecular flexibility index (Phi) is 6.55. The molecule has 0 aliphatic carbocycles. The van der Waals surface area contributed by atoms with Crippen molar-refractivity contribution in [2.24, 2.45) is 0 Å². The molecule has 1 aromatic carbocycles. The van der Waals surface area contributed by atoms with Crippen LogP contribution in [0.2, 0.25) is 0 Å². The number of Topliss-reactive ketones (excluding diaryl/α,β-unsaturated/α-hetero) is 1. The summed E-state index contributed by atoms with van der Waals surface area (Å²) in [7, 11) is 0. The van der Waals surface area contributed by atoms with Crippen LogP contribution < -0.4 is 5.32 Å². The zero-order valence-electron chi connectivity index (χ0n) is 12.3. The number of nitrogens with one attached hydrogen (secondary N) is 1. The number of carboxylic acids is 1. The number of carbonyl (C=O) groups excluding carboxylic acids is 2. The Labute approximate surface area is 123 Å². The molecule has 0 spiro atoms. The molecule has 0 unspecified atom stereocenters. The first-order valence-electron chi connectivity index (χ1n) is 6.77. The highest BCUT2D eigenvalue weighted by atomic mass is 16.4. The van der Waals surface area contributed by atoms with Gasteiger partial charge in [-0.2, -0.15) is 0 Å². The summed E-state index contributed by atoms with van der Waals surface area (Å²) in [6.07, 6.45) is 0.772. The molecule has 0 aliphatic heterocycles. The average molecular weight is 292 g/mol. The van der Waals surface area contributed by atoms with E-state index in [4.69, 9.17) is 5.11 Å². The maximum Gasteiger partial charge on any atom is 0.317 e. The van der Waals surface area contributed by atoms with E-state index in [9.17, 15) is 14.4 Å². The third-order valence-corrected chi connectivity index (χ3v) is 2.84. The predicted octanol–water partition coefficient (Wildman–Crippen LogP) is 1.62. The second kappa shape index (κ2) is 8.16. The minimum Gasteiger partial charge on any atom is -0.480 e. The van der Waals surface area contributed by atoms with Gasteiger partial charge in [0, 0.05) is 11.3 Å². The molecule has 0 aromatic heterocycles. The maximum absolute atomic E-state index is 11.9. The lowest BCUT2D eigenvalue weighted by Gasteiger charge is -2.18. The molecular formula is C15H20N2O4. The van der Waals surface area contributed by atoms with E-state index in [0.717, 1.165) is 6.42 Å².